The molecule has 1 aliphatic heterocycles. The molecule has 0 saturated carbocycles. The van der Waals surface area contributed by atoms with Gasteiger partial charge in [0.05, 0.1) is 32.8 Å². The fourth-order valence-electron chi connectivity index (χ4n) is 5.09. The Labute approximate surface area is 189 Å². The molecule has 5 heteroatoms. The van der Waals surface area contributed by atoms with Gasteiger partial charge in [0.2, 0.25) is 0 Å². The number of aromatic nitrogens is 2. The minimum absolute atomic E-state index is 0.708. The summed E-state index contributed by atoms with van der Waals surface area (Å²) in [4.78, 5) is 11.7. The van der Waals surface area contributed by atoms with Crippen molar-refractivity contribution >= 4 is 21.4 Å². The molecule has 0 unspecified atom stereocenters. The molecule has 0 atom stereocenters. The molecule has 1 aliphatic rings. The predicted octanol–water partition coefficient (Wildman–Crippen LogP) is 4.70. The Morgan fingerprint density at radius 1 is 1.00 bits per heavy atom. The Balaban J connectivity index is 1.86. The molecule has 0 amide bonds. The maximum Gasteiger partial charge on any atom is 0.0966 e. The van der Waals surface area contributed by atoms with Crippen molar-refractivity contribution in [3.8, 4) is 11.3 Å². The number of fused-ring (bicyclic) bond motifs is 1. The summed E-state index contributed by atoms with van der Waals surface area (Å²) in [7, 11) is 13.7. The third kappa shape index (κ3) is 3.58. The standard InChI is InChI=1S/C26H29B2N3/c1-6-19-9-8-10-20(7-2)23(19)22-15-17(4)24-21(30-22)12-14-31(26(24,27)28)25-16(3)11-13-29-18(25)5/h8-11,13,15H,6-7,12,14H2,1-5H3. The van der Waals surface area contributed by atoms with Crippen molar-refractivity contribution in [2.45, 2.75) is 59.2 Å². The molecular weight excluding hydrogens is 376 g/mol. The van der Waals surface area contributed by atoms with E-state index in [9.17, 15) is 0 Å². The Morgan fingerprint density at radius 2 is 1.68 bits per heavy atom. The van der Waals surface area contributed by atoms with Crippen molar-refractivity contribution < 1.29 is 0 Å². The quantitative estimate of drug-likeness (QED) is 0.590. The first-order chi connectivity index (χ1) is 14.8. The van der Waals surface area contributed by atoms with E-state index in [2.05, 4.69) is 61.8 Å². The van der Waals surface area contributed by atoms with Gasteiger partial charge in [-0.1, -0.05) is 32.0 Å². The van der Waals surface area contributed by atoms with Gasteiger partial charge in [0.15, 0.2) is 0 Å². The minimum Gasteiger partial charge on any atom is -0.377 e. The van der Waals surface area contributed by atoms with E-state index in [1.54, 1.807) is 0 Å². The monoisotopic (exact) mass is 405 g/mol. The van der Waals surface area contributed by atoms with Crippen LogP contribution in [0.1, 0.15) is 53.1 Å². The molecule has 0 aliphatic carbocycles. The van der Waals surface area contributed by atoms with Crippen molar-refractivity contribution in [1.29, 1.82) is 0 Å². The van der Waals surface area contributed by atoms with Gasteiger partial charge in [0, 0.05) is 30.4 Å². The zero-order chi connectivity index (χ0) is 22.3. The third-order valence-corrected chi connectivity index (χ3v) is 6.54. The first-order valence-corrected chi connectivity index (χ1v) is 11.2. The van der Waals surface area contributed by atoms with Crippen LogP contribution in [0.2, 0.25) is 0 Å². The van der Waals surface area contributed by atoms with Crippen LogP contribution in [0.4, 0.5) is 5.69 Å². The number of pyridine rings is 2. The summed E-state index contributed by atoms with van der Waals surface area (Å²) in [6.07, 6.45) is 4.58. The first-order valence-electron chi connectivity index (χ1n) is 11.2. The van der Waals surface area contributed by atoms with Gasteiger partial charge in [-0.15, -0.1) is 0 Å². The number of rotatable bonds is 4. The van der Waals surface area contributed by atoms with Crippen LogP contribution < -0.4 is 4.90 Å². The predicted molar refractivity (Wildman–Crippen MR) is 131 cm³/mol. The number of nitrogens with zero attached hydrogens (tertiary/aromatic N) is 3. The highest BCUT2D eigenvalue weighted by Crippen LogP contribution is 2.40. The SMILES string of the molecule is [B]C1([B])c2c(C)cc(-c3c(CC)cccc3CC)nc2CCN1c1c(C)ccnc1C. The van der Waals surface area contributed by atoms with Gasteiger partial charge < -0.3 is 4.90 Å². The average Bonchev–Trinajstić information content (AvgIpc) is 2.73. The van der Waals surface area contributed by atoms with Crippen molar-refractivity contribution in [3.05, 3.63) is 75.7 Å². The van der Waals surface area contributed by atoms with Crippen molar-refractivity contribution in [2.75, 3.05) is 11.4 Å². The van der Waals surface area contributed by atoms with Crippen LogP contribution in [0, 0.1) is 20.8 Å². The van der Waals surface area contributed by atoms with Gasteiger partial charge in [0.1, 0.15) is 0 Å². The summed E-state index contributed by atoms with van der Waals surface area (Å²) in [5.74, 6) is 0. The molecule has 154 valence electrons. The van der Waals surface area contributed by atoms with Gasteiger partial charge in [-0.3, -0.25) is 9.97 Å². The highest BCUT2D eigenvalue weighted by molar-refractivity contribution is 6.42. The zero-order valence-corrected chi connectivity index (χ0v) is 19.3. The van der Waals surface area contributed by atoms with E-state index in [4.69, 9.17) is 20.7 Å². The molecule has 0 bridgehead atoms. The summed E-state index contributed by atoms with van der Waals surface area (Å²) >= 11 is 0. The molecule has 0 N–H and O–H groups in total. The van der Waals surface area contributed by atoms with Gasteiger partial charge >= 0.3 is 0 Å². The fraction of sp³-hybridized carbons (Fsp3) is 0.385. The van der Waals surface area contributed by atoms with E-state index in [0.29, 0.717) is 6.54 Å². The van der Waals surface area contributed by atoms with E-state index in [1.165, 1.54) is 16.7 Å². The number of benzene rings is 1. The zero-order valence-electron chi connectivity index (χ0n) is 19.3. The van der Waals surface area contributed by atoms with Crippen LogP contribution in [-0.4, -0.2) is 32.2 Å². The van der Waals surface area contributed by atoms with E-state index < -0.39 is 5.34 Å². The van der Waals surface area contributed by atoms with E-state index in [-0.39, 0.29) is 0 Å². The highest BCUT2D eigenvalue weighted by atomic mass is 15.2. The van der Waals surface area contributed by atoms with Crippen LogP contribution in [0.15, 0.2) is 36.5 Å². The Morgan fingerprint density at radius 3 is 2.29 bits per heavy atom. The number of hydrogen-bond donors (Lipinski definition) is 0. The molecular formula is C26H29B2N3. The number of aryl methyl sites for hydroxylation is 5. The van der Waals surface area contributed by atoms with Gasteiger partial charge in [0.25, 0.3) is 0 Å². The van der Waals surface area contributed by atoms with Gasteiger partial charge in [-0.05, 0) is 78.9 Å². The average molecular weight is 405 g/mol. The largest absolute Gasteiger partial charge is 0.377 e. The molecule has 3 heterocycles. The van der Waals surface area contributed by atoms with Crippen molar-refractivity contribution in [2.24, 2.45) is 0 Å². The lowest BCUT2D eigenvalue weighted by Crippen LogP contribution is -2.53. The molecule has 0 spiro atoms. The Kier molecular flexibility index (Phi) is 5.72. The van der Waals surface area contributed by atoms with Crippen LogP contribution in [-0.2, 0) is 24.6 Å². The molecule has 0 fully saturated rings. The molecule has 2 aromatic heterocycles. The molecule has 4 radical (unpaired) electrons. The van der Waals surface area contributed by atoms with E-state index in [0.717, 1.165) is 58.7 Å². The molecule has 1 aromatic carbocycles. The number of hydrogen-bond acceptors (Lipinski definition) is 3. The van der Waals surface area contributed by atoms with Crippen molar-refractivity contribution in [1.82, 2.24) is 9.97 Å². The van der Waals surface area contributed by atoms with Crippen LogP contribution >= 0.6 is 0 Å². The molecule has 0 saturated heterocycles. The van der Waals surface area contributed by atoms with Crippen LogP contribution in [0.25, 0.3) is 11.3 Å². The fourth-order valence-corrected chi connectivity index (χ4v) is 5.09. The summed E-state index contributed by atoms with van der Waals surface area (Å²) in [6.45, 7) is 11.3. The molecule has 3 aromatic rings. The minimum atomic E-state index is -1.14. The number of anilines is 1. The second kappa shape index (κ2) is 8.18. The van der Waals surface area contributed by atoms with Crippen LogP contribution in [0.3, 0.4) is 0 Å². The summed E-state index contributed by atoms with van der Waals surface area (Å²) in [6, 6.07) is 10.7. The maximum atomic E-state index is 6.84. The van der Waals surface area contributed by atoms with Crippen LogP contribution in [0.5, 0.6) is 0 Å². The molecule has 3 nitrogen and oxygen atoms in total. The molecule has 31 heavy (non-hydrogen) atoms. The second-order valence-electron chi connectivity index (χ2n) is 8.59. The topological polar surface area (TPSA) is 29.0 Å². The van der Waals surface area contributed by atoms with E-state index in [1.807, 2.05) is 19.2 Å². The lowest BCUT2D eigenvalue weighted by Gasteiger charge is -2.48. The first kappa shape index (κ1) is 21.7. The van der Waals surface area contributed by atoms with E-state index >= 15 is 0 Å². The highest BCUT2D eigenvalue weighted by Gasteiger charge is 2.37. The summed E-state index contributed by atoms with van der Waals surface area (Å²) in [5.41, 5.74) is 11.1. The van der Waals surface area contributed by atoms with Gasteiger partial charge in [-0.2, -0.15) is 0 Å². The summed E-state index contributed by atoms with van der Waals surface area (Å²) < 4.78 is 0. The van der Waals surface area contributed by atoms with Gasteiger partial charge in [-0.25, -0.2) is 0 Å². The third-order valence-electron chi connectivity index (χ3n) is 6.54. The van der Waals surface area contributed by atoms with Crippen molar-refractivity contribution in [3.63, 3.8) is 0 Å². The Bertz CT molecular complexity index is 1100. The lowest BCUT2D eigenvalue weighted by molar-refractivity contribution is 0.639. The molecule has 4 rings (SSSR count). The normalized spacial score (nSPS) is 15.1. The summed E-state index contributed by atoms with van der Waals surface area (Å²) in [5, 5.41) is -1.14. The lowest BCUT2D eigenvalue weighted by atomic mass is 9.54. The maximum absolute atomic E-state index is 6.84. The Hall–Kier alpha value is -2.55. The smallest absolute Gasteiger partial charge is 0.0966 e. The second-order valence-corrected chi connectivity index (χ2v) is 8.59.